The van der Waals surface area contributed by atoms with Crippen molar-refractivity contribution < 1.29 is 9.90 Å². The largest absolute Gasteiger partial charge is 0.508 e. The van der Waals surface area contributed by atoms with Crippen LogP contribution < -0.4 is 10.6 Å². The third kappa shape index (κ3) is 1.86. The van der Waals surface area contributed by atoms with Gasteiger partial charge in [-0.25, -0.2) is 4.98 Å². The topological polar surface area (TPSA) is 74.2 Å². The summed E-state index contributed by atoms with van der Waals surface area (Å²) in [6.07, 6.45) is 1.67. The number of aromatic hydroxyl groups is 1. The number of nitrogens with zero attached hydrogens (tertiary/aromatic N) is 1. The number of phenolic OH excluding ortho intramolecular Hbond substituents is 1. The van der Waals surface area contributed by atoms with E-state index in [0.29, 0.717) is 5.82 Å². The van der Waals surface area contributed by atoms with Crippen LogP contribution in [-0.4, -0.2) is 22.5 Å². The van der Waals surface area contributed by atoms with Gasteiger partial charge in [-0.05, 0) is 23.8 Å². The predicted molar refractivity (Wildman–Crippen MR) is 68.5 cm³/mol. The van der Waals surface area contributed by atoms with Gasteiger partial charge in [-0.2, -0.15) is 0 Å². The molecule has 1 aromatic carbocycles. The molecule has 0 atom stereocenters. The highest BCUT2D eigenvalue weighted by molar-refractivity contribution is 5.99. The molecule has 1 aliphatic heterocycles. The molecule has 0 fully saturated rings. The lowest BCUT2D eigenvalue weighted by Gasteiger charge is -2.18. The number of pyridine rings is 1. The van der Waals surface area contributed by atoms with Crippen molar-refractivity contribution in [1.29, 1.82) is 0 Å². The molecule has 2 aromatic rings. The number of hydrogen-bond acceptors (Lipinski definition) is 4. The van der Waals surface area contributed by atoms with Crippen molar-refractivity contribution in [2.75, 3.05) is 17.2 Å². The lowest BCUT2D eigenvalue weighted by molar-refractivity contribution is -0.114. The Morgan fingerprint density at radius 3 is 2.94 bits per heavy atom. The van der Waals surface area contributed by atoms with Crippen LogP contribution in [0.5, 0.6) is 5.75 Å². The van der Waals surface area contributed by atoms with Crippen LogP contribution in [0.4, 0.5) is 11.5 Å². The molecule has 0 aliphatic carbocycles. The molecule has 1 aromatic heterocycles. The quantitative estimate of drug-likeness (QED) is 0.712. The van der Waals surface area contributed by atoms with Crippen LogP contribution >= 0.6 is 0 Å². The Labute approximate surface area is 103 Å². The van der Waals surface area contributed by atoms with Crippen molar-refractivity contribution >= 4 is 17.4 Å². The molecule has 0 saturated carbocycles. The number of carbonyl (C=O) groups excluding carboxylic acids is 1. The van der Waals surface area contributed by atoms with Crippen LogP contribution in [0, 0.1) is 0 Å². The molecule has 1 aliphatic rings. The number of hydrogen-bond donors (Lipinski definition) is 3. The molecular formula is C13H11N3O2. The van der Waals surface area contributed by atoms with Gasteiger partial charge in [-0.15, -0.1) is 0 Å². The summed E-state index contributed by atoms with van der Waals surface area (Å²) in [7, 11) is 0. The Morgan fingerprint density at radius 2 is 2.11 bits per heavy atom. The van der Waals surface area contributed by atoms with Gasteiger partial charge in [-0.1, -0.05) is 12.1 Å². The SMILES string of the molecule is O=C1CNc2cc(-c3cccc(O)c3)cnc2N1. The van der Waals surface area contributed by atoms with Crippen molar-refractivity contribution in [1.82, 2.24) is 4.98 Å². The molecule has 3 N–H and O–H groups in total. The predicted octanol–water partition coefficient (Wildman–Crippen LogP) is 1.82. The minimum atomic E-state index is -0.0971. The highest BCUT2D eigenvalue weighted by Gasteiger charge is 2.15. The number of aromatic nitrogens is 1. The van der Waals surface area contributed by atoms with Gasteiger partial charge in [-0.3, -0.25) is 4.79 Å². The molecule has 0 unspecified atom stereocenters. The van der Waals surface area contributed by atoms with Gasteiger partial charge in [0.2, 0.25) is 5.91 Å². The van der Waals surface area contributed by atoms with E-state index in [1.165, 1.54) is 0 Å². The van der Waals surface area contributed by atoms with Gasteiger partial charge in [0.05, 0.1) is 12.2 Å². The number of nitrogens with one attached hydrogen (secondary N) is 2. The van der Waals surface area contributed by atoms with Crippen LogP contribution in [0.1, 0.15) is 0 Å². The van der Waals surface area contributed by atoms with E-state index in [-0.39, 0.29) is 18.2 Å². The fourth-order valence-corrected chi connectivity index (χ4v) is 1.89. The number of amides is 1. The van der Waals surface area contributed by atoms with Gasteiger partial charge in [0.15, 0.2) is 5.82 Å². The summed E-state index contributed by atoms with van der Waals surface area (Å²) in [5.41, 5.74) is 2.55. The smallest absolute Gasteiger partial charge is 0.244 e. The number of rotatable bonds is 1. The number of phenols is 1. The Morgan fingerprint density at radius 1 is 1.22 bits per heavy atom. The number of fused-ring (bicyclic) bond motifs is 1. The summed E-state index contributed by atoms with van der Waals surface area (Å²) < 4.78 is 0. The van der Waals surface area contributed by atoms with E-state index >= 15 is 0 Å². The van der Waals surface area contributed by atoms with E-state index in [9.17, 15) is 9.90 Å². The first kappa shape index (κ1) is 10.6. The van der Waals surface area contributed by atoms with Gasteiger partial charge in [0.1, 0.15) is 5.75 Å². The fourth-order valence-electron chi connectivity index (χ4n) is 1.89. The van der Waals surface area contributed by atoms with Gasteiger partial charge in [0, 0.05) is 11.8 Å². The number of anilines is 2. The standard InChI is InChI=1S/C13H11N3O2/c17-10-3-1-2-8(4-10)9-5-11-13(15-6-9)16-12(18)7-14-11/h1-6,14,17H,7H2,(H,15,16,18). The van der Waals surface area contributed by atoms with Gasteiger partial charge >= 0.3 is 0 Å². The minimum absolute atomic E-state index is 0.0971. The van der Waals surface area contributed by atoms with Gasteiger partial charge < -0.3 is 15.7 Å². The maximum absolute atomic E-state index is 11.2. The maximum atomic E-state index is 11.2. The molecule has 0 spiro atoms. The minimum Gasteiger partial charge on any atom is -0.508 e. The lowest BCUT2D eigenvalue weighted by atomic mass is 10.1. The summed E-state index contributed by atoms with van der Waals surface area (Å²) in [6.45, 7) is 0.248. The Kier molecular flexibility index (Phi) is 2.37. The number of benzene rings is 1. The number of carbonyl (C=O) groups is 1. The summed E-state index contributed by atoms with van der Waals surface area (Å²) >= 11 is 0. The molecule has 3 rings (SSSR count). The molecule has 1 amide bonds. The second kappa shape index (κ2) is 4.03. The van der Waals surface area contributed by atoms with E-state index in [1.807, 2.05) is 12.1 Å². The van der Waals surface area contributed by atoms with E-state index in [1.54, 1.807) is 24.4 Å². The van der Waals surface area contributed by atoms with Crippen molar-refractivity contribution in [2.45, 2.75) is 0 Å². The van der Waals surface area contributed by atoms with E-state index in [4.69, 9.17) is 0 Å². The van der Waals surface area contributed by atoms with Crippen molar-refractivity contribution in [2.24, 2.45) is 0 Å². The van der Waals surface area contributed by atoms with E-state index in [0.717, 1.165) is 16.8 Å². The molecule has 0 bridgehead atoms. The summed E-state index contributed by atoms with van der Waals surface area (Å²) in [6, 6.07) is 8.86. The zero-order valence-corrected chi connectivity index (χ0v) is 9.47. The zero-order chi connectivity index (χ0) is 12.5. The van der Waals surface area contributed by atoms with E-state index < -0.39 is 0 Å². The van der Waals surface area contributed by atoms with Crippen molar-refractivity contribution in [3.8, 4) is 16.9 Å². The van der Waals surface area contributed by atoms with Crippen LogP contribution in [-0.2, 0) is 4.79 Å². The second-order valence-electron chi connectivity index (χ2n) is 4.07. The molecule has 18 heavy (non-hydrogen) atoms. The Balaban J connectivity index is 2.02. The summed E-state index contributed by atoms with van der Waals surface area (Å²) in [5.74, 6) is 0.654. The molecule has 2 heterocycles. The molecule has 90 valence electrons. The van der Waals surface area contributed by atoms with Crippen molar-refractivity contribution in [3.05, 3.63) is 36.5 Å². The molecular weight excluding hydrogens is 230 g/mol. The zero-order valence-electron chi connectivity index (χ0n) is 9.47. The average molecular weight is 241 g/mol. The third-order valence-electron chi connectivity index (χ3n) is 2.76. The highest BCUT2D eigenvalue weighted by atomic mass is 16.3. The monoisotopic (exact) mass is 241 g/mol. The first-order chi connectivity index (χ1) is 8.72. The molecule has 5 heteroatoms. The average Bonchev–Trinajstić information content (AvgIpc) is 2.38. The normalized spacial score (nSPS) is 13.4. The Hall–Kier alpha value is -2.56. The van der Waals surface area contributed by atoms with Gasteiger partial charge in [0.25, 0.3) is 0 Å². The highest BCUT2D eigenvalue weighted by Crippen LogP contribution is 2.29. The van der Waals surface area contributed by atoms with Crippen LogP contribution in [0.15, 0.2) is 36.5 Å². The first-order valence-corrected chi connectivity index (χ1v) is 5.55. The fraction of sp³-hybridized carbons (Fsp3) is 0.0769. The second-order valence-corrected chi connectivity index (χ2v) is 4.07. The summed E-state index contributed by atoms with van der Waals surface area (Å²) in [4.78, 5) is 15.4. The molecule has 5 nitrogen and oxygen atoms in total. The lowest BCUT2D eigenvalue weighted by Crippen LogP contribution is -2.28. The van der Waals surface area contributed by atoms with Crippen LogP contribution in [0.25, 0.3) is 11.1 Å². The van der Waals surface area contributed by atoms with Crippen molar-refractivity contribution in [3.63, 3.8) is 0 Å². The van der Waals surface area contributed by atoms with E-state index in [2.05, 4.69) is 15.6 Å². The third-order valence-corrected chi connectivity index (χ3v) is 2.76. The van der Waals surface area contributed by atoms with Crippen LogP contribution in [0.2, 0.25) is 0 Å². The van der Waals surface area contributed by atoms with Crippen LogP contribution in [0.3, 0.4) is 0 Å². The maximum Gasteiger partial charge on any atom is 0.244 e. The molecule has 0 radical (unpaired) electrons. The Bertz CT molecular complexity index is 625. The summed E-state index contributed by atoms with van der Waals surface area (Å²) in [5, 5.41) is 15.1. The molecule has 0 saturated heterocycles. The first-order valence-electron chi connectivity index (χ1n) is 5.55.